The number of aromatic nitrogens is 3. The zero-order valence-electron chi connectivity index (χ0n) is 22.6. The van der Waals surface area contributed by atoms with Gasteiger partial charge in [0.1, 0.15) is 10.4 Å². The second kappa shape index (κ2) is 9.40. The third-order valence-corrected chi connectivity index (χ3v) is 10.1. The Kier molecular flexibility index (Phi) is 5.62. The lowest BCUT2D eigenvalue weighted by Crippen LogP contribution is -2.15. The molecule has 6 aromatic rings. The number of fused-ring (bicyclic) bond motifs is 5. The van der Waals surface area contributed by atoms with Crippen LogP contribution in [0, 0.1) is 0 Å². The first kappa shape index (κ1) is 24.5. The lowest BCUT2D eigenvalue weighted by atomic mass is 9.80. The summed E-state index contributed by atoms with van der Waals surface area (Å²) >= 11 is 3.36. The molecule has 0 radical (unpaired) electrons. The Morgan fingerprint density at radius 1 is 0.756 bits per heavy atom. The summed E-state index contributed by atoms with van der Waals surface area (Å²) < 4.78 is 0. The maximum Gasteiger partial charge on any atom is 0.141 e. The van der Waals surface area contributed by atoms with Crippen molar-refractivity contribution in [1.82, 2.24) is 20.3 Å². The summed E-state index contributed by atoms with van der Waals surface area (Å²) in [5, 5.41) is 11.1. The lowest BCUT2D eigenvalue weighted by Gasteiger charge is -2.23. The molecule has 1 unspecified atom stereocenters. The van der Waals surface area contributed by atoms with E-state index in [2.05, 4.69) is 102 Å². The molecule has 1 atom stereocenters. The van der Waals surface area contributed by atoms with Crippen LogP contribution in [0.5, 0.6) is 0 Å². The third kappa shape index (κ3) is 3.93. The van der Waals surface area contributed by atoms with Crippen molar-refractivity contribution in [3.8, 4) is 44.1 Å². The van der Waals surface area contributed by atoms with Crippen molar-refractivity contribution in [2.45, 2.75) is 24.6 Å². The van der Waals surface area contributed by atoms with Crippen molar-refractivity contribution in [2.24, 2.45) is 0 Å². The van der Waals surface area contributed by atoms with Crippen LogP contribution in [-0.2, 0) is 5.41 Å². The second-order valence-electron chi connectivity index (χ2n) is 11.0. The van der Waals surface area contributed by atoms with Crippen LogP contribution in [0.15, 0.2) is 108 Å². The van der Waals surface area contributed by atoms with Crippen molar-refractivity contribution in [3.05, 3.63) is 125 Å². The molecule has 6 heteroatoms. The molecule has 41 heavy (non-hydrogen) atoms. The minimum atomic E-state index is -0.156. The summed E-state index contributed by atoms with van der Waals surface area (Å²) in [4.78, 5) is 14.0. The SMILES string of the molecule is CC1(C)c2cc(-c3ccc(C4NC=CS4)nc3)ccc2-c2c1cc(-c1ccc(-c3nccs3)nc1)c1ccccc21. The number of thiazole rings is 1. The molecule has 1 aliphatic heterocycles. The van der Waals surface area contributed by atoms with Crippen molar-refractivity contribution < 1.29 is 0 Å². The van der Waals surface area contributed by atoms with Gasteiger partial charge in [-0.05, 0) is 73.8 Å². The molecular weight excluding hydrogens is 541 g/mol. The van der Waals surface area contributed by atoms with Crippen LogP contribution < -0.4 is 5.32 Å². The first-order chi connectivity index (χ1) is 20.1. The Morgan fingerprint density at radius 3 is 2.32 bits per heavy atom. The molecule has 0 fully saturated rings. The molecule has 4 nitrogen and oxygen atoms in total. The number of nitrogens with one attached hydrogen (secondary N) is 1. The Bertz CT molecular complexity index is 1950. The molecular formula is C35H26N4S2. The van der Waals surface area contributed by atoms with Gasteiger partial charge in [-0.25, -0.2) is 4.98 Å². The monoisotopic (exact) mass is 566 g/mol. The summed E-state index contributed by atoms with van der Waals surface area (Å²) in [5.74, 6) is 0. The average Bonchev–Trinajstić information content (AvgIpc) is 3.79. The predicted molar refractivity (Wildman–Crippen MR) is 172 cm³/mol. The van der Waals surface area contributed by atoms with Gasteiger partial charge < -0.3 is 5.32 Å². The molecule has 3 aromatic heterocycles. The Labute approximate surface area is 247 Å². The highest BCUT2D eigenvalue weighted by molar-refractivity contribution is 8.02. The fraction of sp³-hybridized carbons (Fsp3) is 0.114. The number of hydrogen-bond acceptors (Lipinski definition) is 6. The standard InChI is InChI=1S/C35H26N4S2/c1-35(2)28-17-21(22-8-11-30(38-19-22)33-36-13-15-40-33)7-10-26(28)32-25-6-4-3-5-24(25)27(18-29(32)35)23-9-12-31(39-20-23)34-37-14-16-41-34/h3-20,33,36H,1-2H3. The first-order valence-corrected chi connectivity index (χ1v) is 15.5. The van der Waals surface area contributed by atoms with Crippen LogP contribution in [-0.4, -0.2) is 15.0 Å². The van der Waals surface area contributed by atoms with Gasteiger partial charge in [0.05, 0.1) is 11.4 Å². The number of hydrogen-bond donors (Lipinski definition) is 1. The molecule has 3 aromatic carbocycles. The summed E-state index contributed by atoms with van der Waals surface area (Å²) in [7, 11) is 0. The van der Waals surface area contributed by atoms with Gasteiger partial charge in [0.2, 0.25) is 0 Å². The maximum atomic E-state index is 4.78. The van der Waals surface area contributed by atoms with Crippen LogP contribution in [0.3, 0.4) is 0 Å². The normalized spacial score (nSPS) is 16.5. The molecule has 8 rings (SSSR count). The van der Waals surface area contributed by atoms with Gasteiger partial charge in [-0.15, -0.1) is 23.1 Å². The quantitative estimate of drug-likeness (QED) is 0.231. The predicted octanol–water partition coefficient (Wildman–Crippen LogP) is 9.20. The van der Waals surface area contributed by atoms with E-state index in [1.165, 1.54) is 44.2 Å². The number of benzene rings is 3. The van der Waals surface area contributed by atoms with Crippen LogP contribution in [0.25, 0.3) is 54.9 Å². The van der Waals surface area contributed by atoms with Gasteiger partial charge in [0.25, 0.3) is 0 Å². The molecule has 0 bridgehead atoms. The Balaban J connectivity index is 1.23. The number of rotatable bonds is 4. The fourth-order valence-electron chi connectivity index (χ4n) is 6.20. The zero-order chi connectivity index (χ0) is 27.6. The lowest BCUT2D eigenvalue weighted by molar-refractivity contribution is 0.661. The van der Waals surface area contributed by atoms with E-state index in [0.717, 1.165) is 27.5 Å². The van der Waals surface area contributed by atoms with Gasteiger partial charge in [0, 0.05) is 46.7 Å². The number of thioether (sulfide) groups is 1. The van der Waals surface area contributed by atoms with E-state index < -0.39 is 0 Å². The average molecular weight is 567 g/mol. The van der Waals surface area contributed by atoms with Crippen molar-refractivity contribution in [3.63, 3.8) is 0 Å². The van der Waals surface area contributed by atoms with E-state index >= 15 is 0 Å². The zero-order valence-corrected chi connectivity index (χ0v) is 24.3. The van der Waals surface area contributed by atoms with Crippen LogP contribution in [0.4, 0.5) is 0 Å². The summed E-state index contributed by atoms with van der Waals surface area (Å²) in [6, 6.07) is 26.7. The van der Waals surface area contributed by atoms with Crippen LogP contribution in [0.2, 0.25) is 0 Å². The van der Waals surface area contributed by atoms with Gasteiger partial charge in [-0.3, -0.25) is 9.97 Å². The second-order valence-corrected chi connectivity index (χ2v) is 12.9. The van der Waals surface area contributed by atoms with E-state index in [0.29, 0.717) is 0 Å². The molecule has 0 spiro atoms. The van der Waals surface area contributed by atoms with E-state index in [1.54, 1.807) is 23.1 Å². The third-order valence-electron chi connectivity index (χ3n) is 8.32. The molecule has 0 saturated carbocycles. The largest absolute Gasteiger partial charge is 0.374 e. The highest BCUT2D eigenvalue weighted by atomic mass is 32.2. The molecule has 0 saturated heterocycles. The molecule has 198 valence electrons. The number of pyridine rings is 2. The van der Waals surface area contributed by atoms with Crippen molar-refractivity contribution >= 4 is 33.9 Å². The summed E-state index contributed by atoms with van der Waals surface area (Å²) in [6.45, 7) is 4.70. The Morgan fingerprint density at radius 2 is 1.59 bits per heavy atom. The van der Waals surface area contributed by atoms with Gasteiger partial charge in [-0.2, -0.15) is 0 Å². The fourth-order valence-corrected chi connectivity index (χ4v) is 7.57. The molecule has 4 heterocycles. The highest BCUT2D eigenvalue weighted by Crippen LogP contribution is 2.53. The van der Waals surface area contributed by atoms with Gasteiger partial charge >= 0.3 is 0 Å². The summed E-state index contributed by atoms with van der Waals surface area (Å²) in [6.07, 6.45) is 7.80. The minimum absolute atomic E-state index is 0.156. The van der Waals surface area contributed by atoms with E-state index in [1.807, 2.05) is 30.2 Å². The Hall–Kier alpha value is -4.26. The van der Waals surface area contributed by atoms with Crippen molar-refractivity contribution in [2.75, 3.05) is 0 Å². The molecule has 0 amide bonds. The highest BCUT2D eigenvalue weighted by Gasteiger charge is 2.37. The molecule has 1 N–H and O–H groups in total. The van der Waals surface area contributed by atoms with Crippen LogP contribution in [0.1, 0.15) is 36.0 Å². The minimum Gasteiger partial charge on any atom is -0.374 e. The maximum absolute atomic E-state index is 4.78. The van der Waals surface area contributed by atoms with Crippen molar-refractivity contribution in [1.29, 1.82) is 0 Å². The smallest absolute Gasteiger partial charge is 0.141 e. The van der Waals surface area contributed by atoms with E-state index in [9.17, 15) is 0 Å². The number of nitrogens with zero attached hydrogens (tertiary/aromatic N) is 3. The first-order valence-electron chi connectivity index (χ1n) is 13.7. The molecule has 1 aliphatic carbocycles. The van der Waals surface area contributed by atoms with Gasteiger partial charge in [-0.1, -0.05) is 62.4 Å². The van der Waals surface area contributed by atoms with Crippen LogP contribution >= 0.6 is 23.1 Å². The van der Waals surface area contributed by atoms with E-state index in [-0.39, 0.29) is 10.8 Å². The van der Waals surface area contributed by atoms with Gasteiger partial charge in [0.15, 0.2) is 0 Å². The molecule has 2 aliphatic rings. The topological polar surface area (TPSA) is 50.7 Å². The summed E-state index contributed by atoms with van der Waals surface area (Å²) in [5.41, 5.74) is 11.8. The van der Waals surface area contributed by atoms with E-state index in [4.69, 9.17) is 9.97 Å².